The lowest BCUT2D eigenvalue weighted by molar-refractivity contribution is -0.385. The molecule has 4 heteroatoms. The summed E-state index contributed by atoms with van der Waals surface area (Å²) < 4.78 is 0. The number of nitro groups is 1. The van der Waals surface area contributed by atoms with Gasteiger partial charge in [0.05, 0.1) is 4.92 Å². The minimum absolute atomic E-state index is 0.152. The molecule has 0 atom stereocenters. The maximum absolute atomic E-state index is 10.9. The molecule has 19 heavy (non-hydrogen) atoms. The van der Waals surface area contributed by atoms with Crippen LogP contribution in [0.25, 0.3) is 0 Å². The summed E-state index contributed by atoms with van der Waals surface area (Å²) in [4.78, 5) is 10.6. The topological polar surface area (TPSA) is 55.2 Å². The van der Waals surface area contributed by atoms with E-state index in [1.807, 2.05) is 31.2 Å². The van der Waals surface area contributed by atoms with E-state index in [1.165, 1.54) is 17.2 Å². The fraction of sp³-hybridized carbons (Fsp3) is 0.200. The third-order valence-electron chi connectivity index (χ3n) is 3.18. The summed E-state index contributed by atoms with van der Waals surface area (Å²) in [5, 5.41) is 14.1. The maximum Gasteiger partial charge on any atom is 0.274 e. The van der Waals surface area contributed by atoms with Crippen molar-refractivity contribution in [2.24, 2.45) is 0 Å². The molecule has 0 bridgehead atoms. The van der Waals surface area contributed by atoms with Crippen LogP contribution in [0, 0.1) is 24.0 Å². The van der Waals surface area contributed by atoms with E-state index in [-0.39, 0.29) is 10.6 Å². The van der Waals surface area contributed by atoms with Crippen molar-refractivity contribution in [1.29, 1.82) is 0 Å². The van der Waals surface area contributed by atoms with Crippen LogP contribution in [-0.4, -0.2) is 4.92 Å². The molecule has 0 amide bonds. The van der Waals surface area contributed by atoms with Gasteiger partial charge >= 0.3 is 0 Å². The Morgan fingerprint density at radius 1 is 1.11 bits per heavy atom. The molecule has 0 fully saturated rings. The van der Waals surface area contributed by atoms with Crippen LogP contribution in [0.3, 0.4) is 0 Å². The first-order chi connectivity index (χ1) is 9.08. The number of para-hydroxylation sites is 1. The van der Waals surface area contributed by atoms with Crippen LogP contribution >= 0.6 is 0 Å². The third-order valence-corrected chi connectivity index (χ3v) is 3.18. The summed E-state index contributed by atoms with van der Waals surface area (Å²) >= 11 is 0. The molecule has 0 spiro atoms. The predicted octanol–water partition coefficient (Wildman–Crippen LogP) is 3.82. The van der Waals surface area contributed by atoms with Crippen LogP contribution in [0.4, 0.5) is 11.4 Å². The van der Waals surface area contributed by atoms with Gasteiger partial charge in [0.1, 0.15) is 0 Å². The van der Waals surface area contributed by atoms with Gasteiger partial charge in [-0.15, -0.1) is 0 Å². The number of nitrogens with one attached hydrogen (secondary N) is 1. The zero-order valence-electron chi connectivity index (χ0n) is 11.0. The number of aryl methyl sites for hydroxylation is 2. The lowest BCUT2D eigenvalue weighted by Gasteiger charge is -2.09. The molecule has 1 N–H and O–H groups in total. The summed E-state index contributed by atoms with van der Waals surface area (Å²) in [5.74, 6) is 0. The Morgan fingerprint density at radius 3 is 2.53 bits per heavy atom. The Kier molecular flexibility index (Phi) is 3.80. The fourth-order valence-electron chi connectivity index (χ4n) is 1.89. The van der Waals surface area contributed by atoms with Crippen LogP contribution in [0.2, 0.25) is 0 Å². The average molecular weight is 256 g/mol. The van der Waals surface area contributed by atoms with E-state index in [0.29, 0.717) is 12.1 Å². The summed E-state index contributed by atoms with van der Waals surface area (Å²) in [6, 6.07) is 12.9. The smallest absolute Gasteiger partial charge is 0.274 e. The monoisotopic (exact) mass is 256 g/mol. The molecule has 0 heterocycles. The van der Waals surface area contributed by atoms with Crippen LogP contribution in [0.5, 0.6) is 0 Å². The highest BCUT2D eigenvalue weighted by molar-refractivity contribution is 5.50. The minimum Gasteiger partial charge on any atom is -0.381 e. The molecule has 0 saturated heterocycles. The van der Waals surface area contributed by atoms with Gasteiger partial charge in [-0.05, 0) is 37.1 Å². The maximum atomic E-state index is 10.9. The van der Waals surface area contributed by atoms with Gasteiger partial charge in [0.2, 0.25) is 0 Å². The minimum atomic E-state index is -0.350. The summed E-state index contributed by atoms with van der Waals surface area (Å²) in [5.41, 5.74) is 4.25. The second-order valence-corrected chi connectivity index (χ2v) is 4.54. The summed E-state index contributed by atoms with van der Waals surface area (Å²) in [6.45, 7) is 4.55. The van der Waals surface area contributed by atoms with Gasteiger partial charge in [0, 0.05) is 23.9 Å². The number of benzene rings is 2. The predicted molar refractivity (Wildman–Crippen MR) is 76.3 cm³/mol. The Balaban J connectivity index is 2.14. The molecular formula is C15H16N2O2. The Labute approximate surface area is 112 Å². The summed E-state index contributed by atoms with van der Waals surface area (Å²) in [6.07, 6.45) is 0. The standard InChI is InChI=1S/C15H16N2O2/c1-11-7-8-14(9-12(11)2)16-10-13-5-3-4-6-15(13)17(18)19/h3-9,16H,10H2,1-2H3. The van der Waals surface area contributed by atoms with Gasteiger partial charge in [-0.1, -0.05) is 24.3 Å². The number of hydrogen-bond donors (Lipinski definition) is 1. The van der Waals surface area contributed by atoms with Crippen LogP contribution in [0.15, 0.2) is 42.5 Å². The van der Waals surface area contributed by atoms with Crippen molar-refractivity contribution >= 4 is 11.4 Å². The highest BCUT2D eigenvalue weighted by Gasteiger charge is 2.11. The first-order valence-corrected chi connectivity index (χ1v) is 6.11. The van der Waals surface area contributed by atoms with E-state index in [0.717, 1.165) is 5.69 Å². The number of anilines is 1. The largest absolute Gasteiger partial charge is 0.381 e. The van der Waals surface area contributed by atoms with Crippen molar-refractivity contribution < 1.29 is 4.92 Å². The van der Waals surface area contributed by atoms with Crippen molar-refractivity contribution in [1.82, 2.24) is 0 Å². The van der Waals surface area contributed by atoms with E-state index in [2.05, 4.69) is 12.2 Å². The first-order valence-electron chi connectivity index (χ1n) is 6.11. The van der Waals surface area contributed by atoms with Crippen molar-refractivity contribution in [3.8, 4) is 0 Å². The number of rotatable bonds is 4. The van der Waals surface area contributed by atoms with Gasteiger partial charge in [0.15, 0.2) is 0 Å². The molecule has 0 aliphatic heterocycles. The molecule has 2 aromatic carbocycles. The molecule has 0 aliphatic carbocycles. The van der Waals surface area contributed by atoms with E-state index < -0.39 is 0 Å². The van der Waals surface area contributed by atoms with Gasteiger partial charge in [-0.3, -0.25) is 10.1 Å². The number of hydrogen-bond acceptors (Lipinski definition) is 3. The molecule has 0 aromatic heterocycles. The first kappa shape index (κ1) is 13.1. The zero-order valence-corrected chi connectivity index (χ0v) is 11.0. The number of nitro benzene ring substituents is 1. The van der Waals surface area contributed by atoms with E-state index >= 15 is 0 Å². The molecular weight excluding hydrogens is 240 g/mol. The lowest BCUT2D eigenvalue weighted by atomic mass is 10.1. The lowest BCUT2D eigenvalue weighted by Crippen LogP contribution is -2.03. The highest BCUT2D eigenvalue weighted by Crippen LogP contribution is 2.20. The van der Waals surface area contributed by atoms with E-state index in [4.69, 9.17) is 0 Å². The Bertz CT molecular complexity index is 609. The molecule has 0 saturated carbocycles. The Hall–Kier alpha value is -2.36. The van der Waals surface area contributed by atoms with Crippen molar-refractivity contribution in [2.45, 2.75) is 20.4 Å². The normalized spacial score (nSPS) is 10.2. The molecule has 98 valence electrons. The number of nitrogens with zero attached hydrogens (tertiary/aromatic N) is 1. The van der Waals surface area contributed by atoms with Crippen LogP contribution < -0.4 is 5.32 Å². The molecule has 0 radical (unpaired) electrons. The van der Waals surface area contributed by atoms with Crippen molar-refractivity contribution in [3.63, 3.8) is 0 Å². The van der Waals surface area contributed by atoms with Crippen LogP contribution in [-0.2, 0) is 6.54 Å². The van der Waals surface area contributed by atoms with E-state index in [9.17, 15) is 10.1 Å². The van der Waals surface area contributed by atoms with Crippen LogP contribution in [0.1, 0.15) is 16.7 Å². The fourth-order valence-corrected chi connectivity index (χ4v) is 1.89. The van der Waals surface area contributed by atoms with Gasteiger partial charge in [-0.25, -0.2) is 0 Å². The second-order valence-electron chi connectivity index (χ2n) is 4.54. The molecule has 2 rings (SSSR count). The molecule has 4 nitrogen and oxygen atoms in total. The quantitative estimate of drug-likeness (QED) is 0.668. The zero-order chi connectivity index (χ0) is 13.8. The van der Waals surface area contributed by atoms with Gasteiger partial charge < -0.3 is 5.32 Å². The highest BCUT2D eigenvalue weighted by atomic mass is 16.6. The van der Waals surface area contributed by atoms with Gasteiger partial charge in [-0.2, -0.15) is 0 Å². The molecule has 2 aromatic rings. The molecule has 0 aliphatic rings. The van der Waals surface area contributed by atoms with Crippen molar-refractivity contribution in [2.75, 3.05) is 5.32 Å². The summed E-state index contributed by atoms with van der Waals surface area (Å²) in [7, 11) is 0. The van der Waals surface area contributed by atoms with E-state index in [1.54, 1.807) is 12.1 Å². The Morgan fingerprint density at radius 2 is 1.84 bits per heavy atom. The van der Waals surface area contributed by atoms with Crippen molar-refractivity contribution in [3.05, 3.63) is 69.3 Å². The second kappa shape index (κ2) is 5.52. The van der Waals surface area contributed by atoms with Gasteiger partial charge in [0.25, 0.3) is 5.69 Å². The SMILES string of the molecule is Cc1ccc(NCc2ccccc2[N+](=O)[O-])cc1C. The molecule has 0 unspecified atom stereocenters. The third kappa shape index (κ3) is 3.10. The average Bonchev–Trinajstić information content (AvgIpc) is 2.40.